The van der Waals surface area contributed by atoms with Crippen molar-refractivity contribution >= 4 is 34.7 Å². The van der Waals surface area contributed by atoms with Crippen molar-refractivity contribution in [3.05, 3.63) is 45.9 Å². The van der Waals surface area contributed by atoms with Gasteiger partial charge >= 0.3 is 12.0 Å². The highest BCUT2D eigenvalue weighted by atomic mass is 32.2. The van der Waals surface area contributed by atoms with Crippen LogP contribution in [0.25, 0.3) is 10.9 Å². The monoisotopic (exact) mass is 400 g/mol. The van der Waals surface area contributed by atoms with Gasteiger partial charge in [-0.25, -0.2) is 14.6 Å². The number of hydrogen-bond donors (Lipinski definition) is 2. The minimum atomic E-state index is -0.461. The molecule has 28 heavy (non-hydrogen) atoms. The molecule has 2 N–H and O–H groups in total. The van der Waals surface area contributed by atoms with E-state index >= 15 is 0 Å². The van der Waals surface area contributed by atoms with E-state index in [0.717, 1.165) is 12.8 Å². The summed E-state index contributed by atoms with van der Waals surface area (Å²) < 4.78 is 6.82. The first-order valence-electron chi connectivity index (χ1n) is 9.16. The SMILES string of the molecule is CCOC(=O)C1=C(CSc2nc3ccccc3c(=O)n2C2CC2)NC(=O)NC1. The molecule has 146 valence electrons. The van der Waals surface area contributed by atoms with Gasteiger partial charge in [-0.2, -0.15) is 0 Å². The molecular weight excluding hydrogens is 380 g/mol. The first kappa shape index (κ1) is 18.5. The molecule has 4 rings (SSSR count). The molecule has 8 nitrogen and oxygen atoms in total. The molecule has 2 aromatic rings. The molecule has 0 saturated heterocycles. The third kappa shape index (κ3) is 3.62. The Bertz CT molecular complexity index is 1040. The number of hydrogen-bond acceptors (Lipinski definition) is 6. The van der Waals surface area contributed by atoms with Crippen LogP contribution < -0.4 is 16.2 Å². The summed E-state index contributed by atoms with van der Waals surface area (Å²) in [6.07, 6.45) is 1.90. The van der Waals surface area contributed by atoms with Crippen molar-refractivity contribution < 1.29 is 14.3 Å². The van der Waals surface area contributed by atoms with Crippen LogP contribution in [0.4, 0.5) is 4.79 Å². The largest absolute Gasteiger partial charge is 0.463 e. The predicted molar refractivity (Wildman–Crippen MR) is 105 cm³/mol. The van der Waals surface area contributed by atoms with E-state index in [1.54, 1.807) is 17.6 Å². The number of amides is 2. The summed E-state index contributed by atoms with van der Waals surface area (Å²) in [6, 6.07) is 7.07. The van der Waals surface area contributed by atoms with Crippen LogP contribution >= 0.6 is 11.8 Å². The summed E-state index contributed by atoms with van der Waals surface area (Å²) in [4.78, 5) is 41.5. The van der Waals surface area contributed by atoms with Crippen LogP contribution in [-0.2, 0) is 9.53 Å². The average Bonchev–Trinajstić information content (AvgIpc) is 3.51. The molecule has 2 aliphatic rings. The first-order valence-corrected chi connectivity index (χ1v) is 10.1. The second-order valence-corrected chi connectivity index (χ2v) is 7.53. The van der Waals surface area contributed by atoms with Gasteiger partial charge < -0.3 is 15.4 Å². The Balaban J connectivity index is 1.67. The van der Waals surface area contributed by atoms with Crippen molar-refractivity contribution in [2.24, 2.45) is 0 Å². The van der Waals surface area contributed by atoms with Gasteiger partial charge in [-0.3, -0.25) is 9.36 Å². The van der Waals surface area contributed by atoms with Crippen molar-refractivity contribution in [1.29, 1.82) is 0 Å². The fraction of sp³-hybridized carbons (Fsp3) is 0.368. The molecule has 1 aromatic carbocycles. The third-order valence-corrected chi connectivity index (χ3v) is 5.59. The molecule has 1 fully saturated rings. The summed E-state index contributed by atoms with van der Waals surface area (Å²) in [5.74, 6) is -0.157. The number of thioether (sulfide) groups is 1. The molecular formula is C19H20N4O4S. The van der Waals surface area contributed by atoms with E-state index in [4.69, 9.17) is 4.74 Å². The number of fused-ring (bicyclic) bond motifs is 1. The average molecular weight is 400 g/mol. The van der Waals surface area contributed by atoms with Crippen molar-refractivity contribution in [3.8, 4) is 0 Å². The summed E-state index contributed by atoms with van der Waals surface area (Å²) >= 11 is 1.34. The van der Waals surface area contributed by atoms with E-state index < -0.39 is 5.97 Å². The van der Waals surface area contributed by atoms with Crippen LogP contribution in [-0.4, -0.2) is 40.5 Å². The van der Waals surface area contributed by atoms with E-state index in [1.807, 2.05) is 18.2 Å². The Kier molecular flexibility index (Phi) is 5.08. The molecule has 1 saturated carbocycles. The number of nitrogens with one attached hydrogen (secondary N) is 2. The Labute approximate surface area is 165 Å². The molecule has 2 heterocycles. The lowest BCUT2D eigenvalue weighted by Gasteiger charge is -2.21. The van der Waals surface area contributed by atoms with E-state index in [-0.39, 0.29) is 30.8 Å². The minimum Gasteiger partial charge on any atom is -0.463 e. The van der Waals surface area contributed by atoms with E-state index in [1.165, 1.54) is 11.8 Å². The van der Waals surface area contributed by atoms with Crippen LogP contribution in [0.15, 0.2) is 45.5 Å². The Morgan fingerprint density at radius 3 is 2.86 bits per heavy atom. The van der Waals surface area contributed by atoms with Gasteiger partial charge in [0.15, 0.2) is 5.16 Å². The zero-order valence-electron chi connectivity index (χ0n) is 15.4. The lowest BCUT2D eigenvalue weighted by Crippen LogP contribution is -2.44. The van der Waals surface area contributed by atoms with Crippen LogP contribution in [0.1, 0.15) is 25.8 Å². The molecule has 0 unspecified atom stereocenters. The number of ether oxygens (including phenoxy) is 1. The van der Waals surface area contributed by atoms with Crippen molar-refractivity contribution in [2.45, 2.75) is 31.0 Å². The third-order valence-electron chi connectivity index (χ3n) is 4.61. The standard InChI is InChI=1S/C19H20N4O4S/c1-2-27-17(25)13-9-20-18(26)21-15(13)10-28-19-22-14-6-4-3-5-12(14)16(24)23(19)11-7-8-11/h3-6,11H,2,7-10H2,1H3,(H2,20,21,26). The lowest BCUT2D eigenvalue weighted by molar-refractivity contribution is -0.138. The lowest BCUT2D eigenvalue weighted by atomic mass is 10.2. The molecule has 9 heteroatoms. The minimum absolute atomic E-state index is 0.0513. The summed E-state index contributed by atoms with van der Waals surface area (Å²) in [6.45, 7) is 2.10. The zero-order valence-corrected chi connectivity index (χ0v) is 16.2. The van der Waals surface area contributed by atoms with Crippen molar-refractivity contribution in [3.63, 3.8) is 0 Å². The zero-order chi connectivity index (χ0) is 19.7. The topological polar surface area (TPSA) is 102 Å². The molecule has 2 amide bonds. The highest BCUT2D eigenvalue weighted by molar-refractivity contribution is 7.99. The summed E-state index contributed by atoms with van der Waals surface area (Å²) in [5.41, 5.74) is 1.46. The highest BCUT2D eigenvalue weighted by Gasteiger charge is 2.29. The number of carbonyl (C=O) groups is 2. The quantitative estimate of drug-likeness (QED) is 0.437. The number of nitrogens with zero attached hydrogens (tertiary/aromatic N) is 2. The van der Waals surface area contributed by atoms with Crippen molar-refractivity contribution in [2.75, 3.05) is 18.9 Å². The molecule has 1 aliphatic heterocycles. The molecule has 0 radical (unpaired) electrons. The van der Waals surface area contributed by atoms with Crippen LogP contribution in [0.2, 0.25) is 0 Å². The van der Waals surface area contributed by atoms with E-state index in [9.17, 15) is 14.4 Å². The second kappa shape index (κ2) is 7.67. The molecule has 0 bridgehead atoms. The molecule has 0 spiro atoms. The number of esters is 1. The molecule has 1 aromatic heterocycles. The van der Waals surface area contributed by atoms with Crippen molar-refractivity contribution in [1.82, 2.24) is 20.2 Å². The fourth-order valence-corrected chi connectivity index (χ4v) is 4.14. The maximum atomic E-state index is 12.9. The van der Waals surface area contributed by atoms with Gasteiger partial charge in [0, 0.05) is 17.5 Å². The second-order valence-electron chi connectivity index (χ2n) is 6.59. The van der Waals surface area contributed by atoms with Gasteiger partial charge in [0.05, 0.1) is 29.6 Å². The normalized spacial score (nSPS) is 16.7. The van der Waals surface area contributed by atoms with Gasteiger partial charge in [0.2, 0.25) is 0 Å². The number of urea groups is 1. The Morgan fingerprint density at radius 2 is 2.11 bits per heavy atom. The number of benzene rings is 1. The van der Waals surface area contributed by atoms with Crippen LogP contribution in [0, 0.1) is 0 Å². The van der Waals surface area contributed by atoms with Gasteiger partial charge in [-0.15, -0.1) is 0 Å². The number of para-hydroxylation sites is 1. The van der Waals surface area contributed by atoms with Gasteiger partial charge in [-0.1, -0.05) is 23.9 Å². The smallest absolute Gasteiger partial charge is 0.337 e. The maximum absolute atomic E-state index is 12.9. The fourth-order valence-electron chi connectivity index (χ4n) is 3.09. The summed E-state index contributed by atoms with van der Waals surface area (Å²) in [5, 5.41) is 6.46. The van der Waals surface area contributed by atoms with Crippen LogP contribution in [0.5, 0.6) is 0 Å². The van der Waals surface area contributed by atoms with Gasteiger partial charge in [-0.05, 0) is 31.9 Å². The van der Waals surface area contributed by atoms with Crippen LogP contribution in [0.3, 0.4) is 0 Å². The van der Waals surface area contributed by atoms with E-state index in [0.29, 0.717) is 33.1 Å². The Hall–Kier alpha value is -2.81. The maximum Gasteiger partial charge on any atom is 0.337 e. The van der Waals surface area contributed by atoms with Gasteiger partial charge in [0.1, 0.15) is 0 Å². The Morgan fingerprint density at radius 1 is 1.32 bits per heavy atom. The predicted octanol–water partition coefficient (Wildman–Crippen LogP) is 1.95. The van der Waals surface area contributed by atoms with Gasteiger partial charge in [0.25, 0.3) is 5.56 Å². The summed E-state index contributed by atoms with van der Waals surface area (Å²) in [7, 11) is 0. The number of aromatic nitrogens is 2. The number of carbonyl (C=O) groups excluding carboxylic acids is 2. The first-order chi connectivity index (χ1) is 13.6. The highest BCUT2D eigenvalue weighted by Crippen LogP contribution is 2.37. The number of rotatable bonds is 6. The molecule has 0 atom stereocenters. The molecule has 1 aliphatic carbocycles. The van der Waals surface area contributed by atoms with E-state index in [2.05, 4.69) is 15.6 Å².